The lowest BCUT2D eigenvalue weighted by Crippen LogP contribution is -2.34. The number of carbonyl (C=O) groups excluding carboxylic acids is 1. The first-order chi connectivity index (χ1) is 11.7. The fraction of sp³-hybridized carbons (Fsp3) is 0.316. The summed E-state index contributed by atoms with van der Waals surface area (Å²) in [6.07, 6.45) is 4.05. The highest BCUT2D eigenvalue weighted by Gasteiger charge is 2.30. The number of nitrogens with zero attached hydrogens (tertiary/aromatic N) is 1. The normalized spacial score (nSPS) is 16.9. The van der Waals surface area contributed by atoms with Gasteiger partial charge in [-0.3, -0.25) is 0 Å². The third-order valence-electron chi connectivity index (χ3n) is 4.36. The van der Waals surface area contributed by atoms with Crippen molar-refractivity contribution in [1.82, 2.24) is 4.90 Å². The molecular weight excluding hydrogens is 320 g/mol. The maximum absolute atomic E-state index is 12.7. The van der Waals surface area contributed by atoms with Crippen LogP contribution >= 0.6 is 11.8 Å². The Labute approximate surface area is 147 Å². The van der Waals surface area contributed by atoms with Crippen molar-refractivity contribution in [2.24, 2.45) is 0 Å². The monoisotopic (exact) mass is 342 g/mol. The first-order valence-corrected chi connectivity index (χ1v) is 9.29. The van der Waals surface area contributed by atoms with Crippen molar-refractivity contribution >= 4 is 23.5 Å². The van der Waals surface area contributed by atoms with Gasteiger partial charge in [0.25, 0.3) is 0 Å². The Hall–Kier alpha value is -2.14. The van der Waals surface area contributed by atoms with Gasteiger partial charge in [0.1, 0.15) is 5.75 Å². The summed E-state index contributed by atoms with van der Waals surface area (Å²) in [5.41, 5.74) is 1.99. The molecule has 126 valence electrons. The van der Waals surface area contributed by atoms with Gasteiger partial charge in [0.2, 0.25) is 0 Å². The maximum atomic E-state index is 12.7. The van der Waals surface area contributed by atoms with Crippen LogP contribution in [0.1, 0.15) is 24.4 Å². The Balaban J connectivity index is 1.70. The molecular formula is C19H22N2O2S. The number of benzene rings is 2. The molecule has 4 nitrogen and oxygen atoms in total. The van der Waals surface area contributed by atoms with Gasteiger partial charge in [-0.1, -0.05) is 12.1 Å². The van der Waals surface area contributed by atoms with Crippen molar-refractivity contribution in [2.75, 3.05) is 25.2 Å². The van der Waals surface area contributed by atoms with Crippen LogP contribution in [-0.4, -0.2) is 30.8 Å². The van der Waals surface area contributed by atoms with Crippen LogP contribution in [0.2, 0.25) is 0 Å². The molecule has 0 spiro atoms. The van der Waals surface area contributed by atoms with Gasteiger partial charge in [0, 0.05) is 17.1 Å². The van der Waals surface area contributed by atoms with E-state index in [2.05, 4.69) is 5.32 Å². The Morgan fingerprint density at radius 3 is 2.50 bits per heavy atom. The van der Waals surface area contributed by atoms with Crippen molar-refractivity contribution in [1.29, 1.82) is 0 Å². The molecule has 1 heterocycles. The quantitative estimate of drug-likeness (QED) is 0.813. The third-order valence-corrected chi connectivity index (χ3v) is 5.10. The molecule has 1 aliphatic rings. The number of urea groups is 1. The van der Waals surface area contributed by atoms with Gasteiger partial charge in [-0.25, -0.2) is 4.79 Å². The Morgan fingerprint density at radius 1 is 1.17 bits per heavy atom. The maximum Gasteiger partial charge on any atom is 0.322 e. The number of ether oxygens (including phenoxy) is 1. The van der Waals surface area contributed by atoms with Crippen LogP contribution in [0.3, 0.4) is 0 Å². The van der Waals surface area contributed by atoms with E-state index < -0.39 is 0 Å². The predicted octanol–water partition coefficient (Wildman–Crippen LogP) is 4.79. The highest BCUT2D eigenvalue weighted by atomic mass is 32.2. The molecule has 1 unspecified atom stereocenters. The molecule has 0 radical (unpaired) electrons. The third kappa shape index (κ3) is 3.67. The molecule has 24 heavy (non-hydrogen) atoms. The summed E-state index contributed by atoms with van der Waals surface area (Å²) in [6, 6.07) is 16.0. The summed E-state index contributed by atoms with van der Waals surface area (Å²) in [7, 11) is 1.66. The standard InChI is InChI=1S/C19H22N2O2S/c1-23-16-9-5-14(6-10-16)18-4-3-13-21(18)19(22)20-15-7-11-17(24-2)12-8-15/h5-12,18H,3-4,13H2,1-2H3,(H,20,22). The zero-order valence-corrected chi connectivity index (χ0v) is 14.8. The second kappa shape index (κ2) is 7.62. The van der Waals surface area contributed by atoms with Crippen LogP contribution in [0.25, 0.3) is 0 Å². The average molecular weight is 342 g/mol. The molecule has 1 saturated heterocycles. The summed E-state index contributed by atoms with van der Waals surface area (Å²) in [5, 5.41) is 3.01. The van der Waals surface area contributed by atoms with Crippen molar-refractivity contribution < 1.29 is 9.53 Å². The van der Waals surface area contributed by atoms with Gasteiger partial charge in [-0.05, 0) is 61.1 Å². The van der Waals surface area contributed by atoms with E-state index in [0.717, 1.165) is 36.4 Å². The zero-order chi connectivity index (χ0) is 16.9. The number of hydrogen-bond acceptors (Lipinski definition) is 3. The van der Waals surface area contributed by atoms with Crippen molar-refractivity contribution in [3.63, 3.8) is 0 Å². The minimum atomic E-state index is -0.0368. The summed E-state index contributed by atoms with van der Waals surface area (Å²) >= 11 is 1.69. The average Bonchev–Trinajstić information content (AvgIpc) is 3.12. The van der Waals surface area contributed by atoms with Crippen LogP contribution in [0.5, 0.6) is 5.75 Å². The van der Waals surface area contributed by atoms with Crippen molar-refractivity contribution in [3.05, 3.63) is 54.1 Å². The van der Waals surface area contributed by atoms with Gasteiger partial charge in [-0.2, -0.15) is 0 Å². The molecule has 1 N–H and O–H groups in total. The van der Waals surface area contributed by atoms with E-state index in [1.807, 2.05) is 59.7 Å². The van der Waals surface area contributed by atoms with Crippen molar-refractivity contribution in [3.8, 4) is 5.75 Å². The Morgan fingerprint density at radius 2 is 1.88 bits per heavy atom. The van der Waals surface area contributed by atoms with E-state index in [1.165, 1.54) is 4.90 Å². The number of rotatable bonds is 4. The second-order valence-corrected chi connectivity index (χ2v) is 6.66. The van der Waals surface area contributed by atoms with E-state index in [1.54, 1.807) is 18.9 Å². The lowest BCUT2D eigenvalue weighted by atomic mass is 10.0. The fourth-order valence-corrected chi connectivity index (χ4v) is 3.46. The van der Waals surface area contributed by atoms with E-state index in [9.17, 15) is 4.79 Å². The van der Waals surface area contributed by atoms with Crippen LogP contribution in [-0.2, 0) is 0 Å². The number of methoxy groups -OCH3 is 1. The number of nitrogens with one attached hydrogen (secondary N) is 1. The minimum Gasteiger partial charge on any atom is -0.497 e. The molecule has 0 bridgehead atoms. The summed E-state index contributed by atoms with van der Waals surface area (Å²) in [4.78, 5) is 15.8. The molecule has 0 aliphatic carbocycles. The predicted molar refractivity (Wildman–Crippen MR) is 98.9 cm³/mol. The molecule has 1 aliphatic heterocycles. The summed E-state index contributed by atoms with van der Waals surface area (Å²) in [6.45, 7) is 0.783. The molecule has 5 heteroatoms. The van der Waals surface area contributed by atoms with E-state index in [4.69, 9.17) is 4.74 Å². The Kier molecular flexibility index (Phi) is 5.30. The van der Waals surface area contributed by atoms with E-state index in [0.29, 0.717) is 0 Å². The largest absolute Gasteiger partial charge is 0.497 e. The first kappa shape index (κ1) is 16.7. The van der Waals surface area contributed by atoms with Gasteiger partial charge in [-0.15, -0.1) is 11.8 Å². The van der Waals surface area contributed by atoms with Crippen LogP contribution in [0.15, 0.2) is 53.4 Å². The van der Waals surface area contributed by atoms with Gasteiger partial charge < -0.3 is 15.0 Å². The second-order valence-electron chi connectivity index (χ2n) is 5.78. The van der Waals surface area contributed by atoms with Crippen LogP contribution in [0.4, 0.5) is 10.5 Å². The summed E-state index contributed by atoms with van der Waals surface area (Å²) < 4.78 is 5.21. The molecule has 1 atom stereocenters. The van der Waals surface area contributed by atoms with Crippen LogP contribution in [0, 0.1) is 0 Å². The minimum absolute atomic E-state index is 0.0368. The van der Waals surface area contributed by atoms with E-state index >= 15 is 0 Å². The number of likely N-dealkylation sites (tertiary alicyclic amines) is 1. The van der Waals surface area contributed by atoms with Crippen molar-refractivity contribution in [2.45, 2.75) is 23.8 Å². The smallest absolute Gasteiger partial charge is 0.322 e. The highest BCUT2D eigenvalue weighted by molar-refractivity contribution is 7.98. The van der Waals surface area contributed by atoms with Gasteiger partial charge in [0.15, 0.2) is 0 Å². The SMILES string of the molecule is COc1ccc(C2CCCN2C(=O)Nc2ccc(SC)cc2)cc1. The van der Waals surface area contributed by atoms with Gasteiger partial charge >= 0.3 is 6.03 Å². The molecule has 0 saturated carbocycles. The fourth-order valence-electron chi connectivity index (χ4n) is 3.05. The van der Waals surface area contributed by atoms with E-state index in [-0.39, 0.29) is 12.1 Å². The van der Waals surface area contributed by atoms with Gasteiger partial charge in [0.05, 0.1) is 13.2 Å². The lowest BCUT2D eigenvalue weighted by Gasteiger charge is -2.25. The topological polar surface area (TPSA) is 41.6 Å². The zero-order valence-electron chi connectivity index (χ0n) is 14.0. The molecule has 1 fully saturated rings. The number of amides is 2. The van der Waals surface area contributed by atoms with Crippen LogP contribution < -0.4 is 10.1 Å². The number of thioether (sulfide) groups is 1. The molecule has 0 aromatic heterocycles. The Bertz CT molecular complexity index is 686. The molecule has 2 amide bonds. The summed E-state index contributed by atoms with van der Waals surface area (Å²) in [5.74, 6) is 0.835. The number of carbonyl (C=O) groups is 1. The highest BCUT2D eigenvalue weighted by Crippen LogP contribution is 2.33. The lowest BCUT2D eigenvalue weighted by molar-refractivity contribution is 0.207. The number of anilines is 1. The molecule has 3 rings (SSSR count). The molecule has 2 aromatic rings. The number of hydrogen-bond donors (Lipinski definition) is 1. The first-order valence-electron chi connectivity index (χ1n) is 8.07. The molecule has 2 aromatic carbocycles.